The predicted octanol–water partition coefficient (Wildman–Crippen LogP) is 2.65. The van der Waals surface area contributed by atoms with Crippen LogP contribution in [0.3, 0.4) is 0 Å². The highest BCUT2D eigenvalue weighted by molar-refractivity contribution is 6.01. The van der Waals surface area contributed by atoms with Gasteiger partial charge in [-0.25, -0.2) is 4.79 Å². The summed E-state index contributed by atoms with van der Waals surface area (Å²) in [5, 5.41) is 1.41. The lowest BCUT2D eigenvalue weighted by atomic mass is 10.1. The molecule has 3 heteroatoms. The number of benzene rings is 1. The topological polar surface area (TPSA) is 43.1 Å². The van der Waals surface area contributed by atoms with E-state index in [4.69, 9.17) is 4.42 Å². The molecule has 0 N–H and O–H groups in total. The quantitative estimate of drug-likeness (QED) is 0.424. The second kappa shape index (κ2) is 3.17. The van der Waals surface area contributed by atoms with E-state index in [1.54, 1.807) is 24.4 Å². The highest BCUT2D eigenvalue weighted by Gasteiger charge is 2.07. The van der Waals surface area contributed by atoms with Crippen molar-refractivity contribution in [3.05, 3.63) is 52.5 Å². The van der Waals surface area contributed by atoms with Crippen molar-refractivity contribution in [2.24, 2.45) is 0 Å². The monoisotopic (exact) mass is 211 g/mol. The van der Waals surface area contributed by atoms with Crippen LogP contribution in [-0.4, -0.2) is 4.98 Å². The van der Waals surface area contributed by atoms with Gasteiger partial charge < -0.3 is 4.42 Å². The molecule has 0 radical (unpaired) electrons. The van der Waals surface area contributed by atoms with Gasteiger partial charge in [-0.2, -0.15) is 0 Å². The molecule has 16 heavy (non-hydrogen) atoms. The molecule has 0 saturated carbocycles. The molecular weight excluding hydrogens is 202 g/mol. The second-order valence-electron chi connectivity index (χ2n) is 3.79. The summed E-state index contributed by atoms with van der Waals surface area (Å²) in [6, 6.07) is 9.17. The molecule has 0 fully saturated rings. The average molecular weight is 211 g/mol. The molecule has 2 heterocycles. The molecule has 0 aliphatic heterocycles. The van der Waals surface area contributed by atoms with E-state index < -0.39 is 0 Å². The fourth-order valence-electron chi connectivity index (χ4n) is 1.86. The smallest absolute Gasteiger partial charge is 0.345 e. The Morgan fingerprint density at radius 3 is 2.94 bits per heavy atom. The molecule has 2 aromatic heterocycles. The second-order valence-corrected chi connectivity index (χ2v) is 3.79. The third-order valence-electron chi connectivity index (χ3n) is 2.62. The fourth-order valence-corrected chi connectivity index (χ4v) is 1.86. The van der Waals surface area contributed by atoms with E-state index in [1.807, 2.05) is 19.1 Å². The molecule has 78 valence electrons. The number of hydrogen-bond donors (Lipinski definition) is 0. The Morgan fingerprint density at radius 2 is 2.06 bits per heavy atom. The minimum Gasteiger partial charge on any atom is -0.422 e. The van der Waals surface area contributed by atoms with Crippen LogP contribution in [0.25, 0.3) is 21.9 Å². The zero-order valence-corrected chi connectivity index (χ0v) is 8.73. The first-order valence-corrected chi connectivity index (χ1v) is 5.04. The van der Waals surface area contributed by atoms with Gasteiger partial charge in [-0.1, -0.05) is 11.6 Å². The maximum absolute atomic E-state index is 11.7. The van der Waals surface area contributed by atoms with Crippen molar-refractivity contribution in [1.82, 2.24) is 4.98 Å². The molecule has 0 atom stereocenters. The van der Waals surface area contributed by atoms with Crippen LogP contribution >= 0.6 is 0 Å². The van der Waals surface area contributed by atoms with Gasteiger partial charge in [0.25, 0.3) is 0 Å². The van der Waals surface area contributed by atoms with Crippen LogP contribution in [0.15, 0.2) is 45.7 Å². The number of aromatic nitrogens is 1. The van der Waals surface area contributed by atoms with Crippen molar-refractivity contribution in [3.8, 4) is 0 Å². The Bertz CT molecular complexity index is 744. The normalized spacial score (nSPS) is 11.1. The van der Waals surface area contributed by atoms with Gasteiger partial charge in [0, 0.05) is 11.6 Å². The van der Waals surface area contributed by atoms with E-state index in [0.717, 1.165) is 10.9 Å². The van der Waals surface area contributed by atoms with Crippen LogP contribution in [0, 0.1) is 6.92 Å². The van der Waals surface area contributed by atoms with Gasteiger partial charge in [0.2, 0.25) is 0 Å². The Morgan fingerprint density at radius 1 is 1.19 bits per heavy atom. The Labute approximate surface area is 91.3 Å². The Kier molecular flexibility index (Phi) is 1.80. The summed E-state index contributed by atoms with van der Waals surface area (Å²) in [4.78, 5) is 15.9. The maximum atomic E-state index is 11.7. The van der Waals surface area contributed by atoms with E-state index in [2.05, 4.69) is 4.98 Å². The van der Waals surface area contributed by atoms with Crippen molar-refractivity contribution in [2.75, 3.05) is 0 Å². The van der Waals surface area contributed by atoms with Crippen LogP contribution in [-0.2, 0) is 0 Å². The molecule has 3 aromatic rings. The average Bonchev–Trinajstić information content (AvgIpc) is 2.31. The van der Waals surface area contributed by atoms with Gasteiger partial charge >= 0.3 is 5.63 Å². The van der Waals surface area contributed by atoms with Crippen molar-refractivity contribution in [3.63, 3.8) is 0 Å². The summed E-state index contributed by atoms with van der Waals surface area (Å²) >= 11 is 0. The molecule has 0 unspecified atom stereocenters. The Balaban J connectivity index is 2.66. The van der Waals surface area contributed by atoms with Gasteiger partial charge in [-0.05, 0) is 31.2 Å². The van der Waals surface area contributed by atoms with Crippen LogP contribution < -0.4 is 5.63 Å². The fraction of sp³-hybridized carbons (Fsp3) is 0.0769. The third-order valence-corrected chi connectivity index (χ3v) is 2.62. The first-order chi connectivity index (χ1) is 7.75. The highest BCUT2D eigenvalue weighted by Crippen LogP contribution is 2.21. The first kappa shape index (κ1) is 9.09. The van der Waals surface area contributed by atoms with E-state index >= 15 is 0 Å². The predicted molar refractivity (Wildman–Crippen MR) is 62.5 cm³/mol. The summed E-state index contributed by atoms with van der Waals surface area (Å²) in [5.41, 5.74) is 2.08. The molecule has 0 bridgehead atoms. The van der Waals surface area contributed by atoms with E-state index in [1.165, 1.54) is 0 Å². The lowest BCUT2D eigenvalue weighted by molar-refractivity contribution is 0.569. The van der Waals surface area contributed by atoms with Crippen LogP contribution in [0.4, 0.5) is 0 Å². The summed E-state index contributed by atoms with van der Waals surface area (Å²) in [6.07, 6.45) is 1.68. The SMILES string of the molecule is Cc1ccc2oc(=O)c3cccnc3c2c1. The van der Waals surface area contributed by atoms with Gasteiger partial charge in [0.05, 0.1) is 10.9 Å². The van der Waals surface area contributed by atoms with Gasteiger partial charge in [0.15, 0.2) is 0 Å². The number of pyridine rings is 1. The van der Waals surface area contributed by atoms with Gasteiger partial charge in [-0.15, -0.1) is 0 Å². The largest absolute Gasteiger partial charge is 0.422 e. The standard InChI is InChI=1S/C13H9NO2/c1-8-4-5-11-10(7-8)12-9(13(15)16-11)3-2-6-14-12/h2-7H,1H3. The number of aryl methyl sites for hydroxylation is 1. The molecule has 0 aliphatic carbocycles. The van der Waals surface area contributed by atoms with Crippen molar-refractivity contribution in [2.45, 2.75) is 6.92 Å². The van der Waals surface area contributed by atoms with Crippen molar-refractivity contribution < 1.29 is 4.42 Å². The number of nitrogens with zero attached hydrogens (tertiary/aromatic N) is 1. The van der Waals surface area contributed by atoms with Crippen LogP contribution in [0.5, 0.6) is 0 Å². The summed E-state index contributed by atoms with van der Waals surface area (Å²) in [5.74, 6) is 0. The number of hydrogen-bond acceptors (Lipinski definition) is 3. The minimum atomic E-state index is -0.334. The van der Waals surface area contributed by atoms with Crippen molar-refractivity contribution >= 4 is 21.9 Å². The maximum Gasteiger partial charge on any atom is 0.345 e. The molecule has 0 saturated heterocycles. The molecule has 0 aliphatic rings. The third kappa shape index (κ3) is 1.21. The minimum absolute atomic E-state index is 0.334. The summed E-state index contributed by atoms with van der Waals surface area (Å²) < 4.78 is 5.23. The molecule has 1 aromatic carbocycles. The molecule has 3 rings (SSSR count). The van der Waals surface area contributed by atoms with E-state index in [-0.39, 0.29) is 5.63 Å². The first-order valence-electron chi connectivity index (χ1n) is 5.04. The molecule has 3 nitrogen and oxygen atoms in total. The highest BCUT2D eigenvalue weighted by atomic mass is 16.4. The van der Waals surface area contributed by atoms with Gasteiger partial charge in [-0.3, -0.25) is 4.98 Å². The molecule has 0 spiro atoms. The molecular formula is C13H9NO2. The van der Waals surface area contributed by atoms with Gasteiger partial charge in [0.1, 0.15) is 5.58 Å². The number of fused-ring (bicyclic) bond motifs is 3. The summed E-state index contributed by atoms with van der Waals surface area (Å²) in [7, 11) is 0. The summed E-state index contributed by atoms with van der Waals surface area (Å²) in [6.45, 7) is 2.00. The van der Waals surface area contributed by atoms with Crippen LogP contribution in [0.2, 0.25) is 0 Å². The van der Waals surface area contributed by atoms with E-state index in [9.17, 15) is 4.79 Å². The molecule has 0 amide bonds. The lowest BCUT2D eigenvalue weighted by Gasteiger charge is -2.01. The number of rotatable bonds is 0. The zero-order valence-electron chi connectivity index (χ0n) is 8.73. The van der Waals surface area contributed by atoms with Crippen LogP contribution in [0.1, 0.15) is 5.56 Å². The Hall–Kier alpha value is -2.16. The van der Waals surface area contributed by atoms with Crippen molar-refractivity contribution in [1.29, 1.82) is 0 Å². The van der Waals surface area contributed by atoms with E-state index in [0.29, 0.717) is 16.5 Å². The zero-order chi connectivity index (χ0) is 11.1. The lowest BCUT2D eigenvalue weighted by Crippen LogP contribution is -2.00.